The third kappa shape index (κ3) is 4.13. The Morgan fingerprint density at radius 1 is 1.00 bits per heavy atom. The van der Waals surface area contributed by atoms with Gasteiger partial charge in [0.15, 0.2) is 0 Å². The molecule has 126 valence electrons. The number of halogens is 3. The van der Waals surface area contributed by atoms with Gasteiger partial charge in [-0.1, -0.05) is 18.2 Å². The van der Waals surface area contributed by atoms with E-state index >= 15 is 0 Å². The number of alkyl halides is 3. The molecule has 0 unspecified atom stereocenters. The molecule has 0 saturated heterocycles. The van der Waals surface area contributed by atoms with E-state index in [1.54, 1.807) is 13.0 Å². The Balaban J connectivity index is 2.25. The number of carbonyl (C=O) groups excluding carboxylic acids is 2. The summed E-state index contributed by atoms with van der Waals surface area (Å²) >= 11 is 0. The van der Waals surface area contributed by atoms with Crippen LogP contribution in [0.2, 0.25) is 0 Å². The first-order valence-electron chi connectivity index (χ1n) is 7.18. The third-order valence-corrected chi connectivity index (χ3v) is 3.20. The molecule has 0 saturated carbocycles. The van der Waals surface area contributed by atoms with E-state index in [1.807, 2.05) is 0 Å². The van der Waals surface area contributed by atoms with Crippen LogP contribution in [0.3, 0.4) is 0 Å². The Bertz CT molecular complexity index is 757. The van der Waals surface area contributed by atoms with Crippen LogP contribution in [0, 0.1) is 0 Å². The number of nitrogens with one attached hydrogen (secondary N) is 2. The summed E-state index contributed by atoms with van der Waals surface area (Å²) in [7, 11) is 0. The molecule has 7 heteroatoms. The molecule has 0 aromatic heterocycles. The van der Waals surface area contributed by atoms with Crippen molar-refractivity contribution in [2.75, 3.05) is 11.9 Å². The standard InChI is InChI=1S/C17H15F3N2O2/c1-2-21-15(23)11-6-5-7-12(10-11)22-16(24)13-8-3-4-9-14(13)17(18,19)20/h3-10H,2H2,1H3,(H,21,23)(H,22,24). The zero-order valence-electron chi connectivity index (χ0n) is 12.8. The predicted molar refractivity (Wildman–Crippen MR) is 83.8 cm³/mol. The molecule has 0 aliphatic heterocycles. The molecule has 0 heterocycles. The summed E-state index contributed by atoms with van der Waals surface area (Å²) in [5.74, 6) is -1.22. The molecule has 4 nitrogen and oxygen atoms in total. The number of amides is 2. The van der Waals surface area contributed by atoms with Crippen LogP contribution in [-0.2, 0) is 6.18 Å². The van der Waals surface area contributed by atoms with Gasteiger partial charge in [0.1, 0.15) is 0 Å². The molecule has 24 heavy (non-hydrogen) atoms. The average Bonchev–Trinajstić information content (AvgIpc) is 2.54. The highest BCUT2D eigenvalue weighted by Crippen LogP contribution is 2.32. The van der Waals surface area contributed by atoms with Crippen LogP contribution in [0.4, 0.5) is 18.9 Å². The normalized spacial score (nSPS) is 11.0. The largest absolute Gasteiger partial charge is 0.417 e. The molecule has 0 atom stereocenters. The lowest BCUT2D eigenvalue weighted by Crippen LogP contribution is -2.23. The fourth-order valence-corrected chi connectivity index (χ4v) is 2.13. The highest BCUT2D eigenvalue weighted by atomic mass is 19.4. The topological polar surface area (TPSA) is 58.2 Å². The fourth-order valence-electron chi connectivity index (χ4n) is 2.13. The van der Waals surface area contributed by atoms with Gasteiger partial charge in [-0.2, -0.15) is 13.2 Å². The fraction of sp³-hybridized carbons (Fsp3) is 0.176. The van der Waals surface area contributed by atoms with Crippen molar-refractivity contribution in [3.05, 3.63) is 65.2 Å². The highest BCUT2D eigenvalue weighted by molar-refractivity contribution is 6.06. The molecule has 2 aromatic carbocycles. The first-order chi connectivity index (χ1) is 11.3. The molecular weight excluding hydrogens is 321 g/mol. The zero-order valence-corrected chi connectivity index (χ0v) is 12.8. The Morgan fingerprint density at radius 3 is 2.38 bits per heavy atom. The minimum atomic E-state index is -4.63. The lowest BCUT2D eigenvalue weighted by atomic mass is 10.1. The molecular formula is C17H15F3N2O2. The van der Waals surface area contributed by atoms with Gasteiger partial charge in [-0.15, -0.1) is 0 Å². The van der Waals surface area contributed by atoms with Gasteiger partial charge in [-0.25, -0.2) is 0 Å². The molecule has 0 fully saturated rings. The molecule has 2 aromatic rings. The summed E-state index contributed by atoms with van der Waals surface area (Å²) in [5.41, 5.74) is -0.949. The minimum absolute atomic E-state index is 0.237. The molecule has 0 radical (unpaired) electrons. The first kappa shape index (κ1) is 17.5. The number of benzene rings is 2. The molecule has 2 N–H and O–H groups in total. The number of anilines is 1. The number of carbonyl (C=O) groups is 2. The minimum Gasteiger partial charge on any atom is -0.352 e. The Morgan fingerprint density at radius 2 is 1.71 bits per heavy atom. The van der Waals surface area contributed by atoms with Crippen molar-refractivity contribution < 1.29 is 22.8 Å². The van der Waals surface area contributed by atoms with Crippen LogP contribution < -0.4 is 10.6 Å². The molecule has 0 aliphatic rings. The Kier molecular flexibility index (Phi) is 5.23. The average molecular weight is 336 g/mol. The number of rotatable bonds is 4. The van der Waals surface area contributed by atoms with E-state index in [4.69, 9.17) is 0 Å². The van der Waals surface area contributed by atoms with E-state index < -0.39 is 23.2 Å². The van der Waals surface area contributed by atoms with Gasteiger partial charge in [-0.3, -0.25) is 9.59 Å². The van der Waals surface area contributed by atoms with E-state index in [-0.39, 0.29) is 11.6 Å². The van der Waals surface area contributed by atoms with E-state index in [0.717, 1.165) is 12.1 Å². The van der Waals surface area contributed by atoms with Crippen LogP contribution in [-0.4, -0.2) is 18.4 Å². The van der Waals surface area contributed by atoms with Crippen LogP contribution in [0.25, 0.3) is 0 Å². The maximum atomic E-state index is 13.0. The second-order valence-electron chi connectivity index (χ2n) is 4.94. The third-order valence-electron chi connectivity index (χ3n) is 3.20. The highest BCUT2D eigenvalue weighted by Gasteiger charge is 2.34. The van der Waals surface area contributed by atoms with Crippen molar-refractivity contribution in [2.24, 2.45) is 0 Å². The number of hydrogen-bond acceptors (Lipinski definition) is 2. The van der Waals surface area contributed by atoms with Gasteiger partial charge < -0.3 is 10.6 Å². The summed E-state index contributed by atoms with van der Waals surface area (Å²) in [5, 5.41) is 4.99. The monoisotopic (exact) mass is 336 g/mol. The lowest BCUT2D eigenvalue weighted by molar-refractivity contribution is -0.137. The van der Waals surface area contributed by atoms with Crippen LogP contribution in [0.5, 0.6) is 0 Å². The second-order valence-corrected chi connectivity index (χ2v) is 4.94. The predicted octanol–water partition coefficient (Wildman–Crippen LogP) is 3.71. The van der Waals surface area contributed by atoms with E-state index in [1.165, 1.54) is 30.3 Å². The maximum Gasteiger partial charge on any atom is 0.417 e. The van der Waals surface area contributed by atoms with Gasteiger partial charge >= 0.3 is 6.18 Å². The zero-order chi connectivity index (χ0) is 17.7. The van der Waals surface area contributed by atoms with Crippen LogP contribution >= 0.6 is 0 Å². The molecule has 0 bridgehead atoms. The molecule has 0 aliphatic carbocycles. The van der Waals surface area contributed by atoms with Crippen LogP contribution in [0.15, 0.2) is 48.5 Å². The van der Waals surface area contributed by atoms with Crippen molar-refractivity contribution in [2.45, 2.75) is 13.1 Å². The molecule has 0 spiro atoms. The van der Waals surface area contributed by atoms with Gasteiger partial charge in [0.2, 0.25) is 0 Å². The second kappa shape index (κ2) is 7.16. The SMILES string of the molecule is CCNC(=O)c1cccc(NC(=O)c2ccccc2C(F)(F)F)c1. The Labute approximate surface area is 136 Å². The summed E-state index contributed by atoms with van der Waals surface area (Å²) in [6, 6.07) is 10.5. The van der Waals surface area contributed by atoms with Crippen molar-refractivity contribution in [1.82, 2.24) is 5.32 Å². The first-order valence-corrected chi connectivity index (χ1v) is 7.18. The molecule has 2 rings (SSSR count). The van der Waals surface area contributed by atoms with Crippen molar-refractivity contribution >= 4 is 17.5 Å². The summed E-state index contributed by atoms with van der Waals surface area (Å²) in [6.45, 7) is 2.20. The Hall–Kier alpha value is -2.83. The van der Waals surface area contributed by atoms with Crippen LogP contribution in [0.1, 0.15) is 33.2 Å². The van der Waals surface area contributed by atoms with Crippen molar-refractivity contribution in [3.8, 4) is 0 Å². The summed E-state index contributed by atoms with van der Waals surface area (Å²) in [6.07, 6.45) is -4.63. The maximum absolute atomic E-state index is 13.0. The number of hydrogen-bond donors (Lipinski definition) is 2. The lowest BCUT2D eigenvalue weighted by Gasteiger charge is -2.13. The quantitative estimate of drug-likeness (QED) is 0.894. The summed E-state index contributed by atoms with van der Waals surface area (Å²) < 4.78 is 38.9. The molecule has 2 amide bonds. The smallest absolute Gasteiger partial charge is 0.352 e. The van der Waals surface area contributed by atoms with Gasteiger partial charge in [0, 0.05) is 17.8 Å². The van der Waals surface area contributed by atoms with Gasteiger partial charge in [0.05, 0.1) is 11.1 Å². The van der Waals surface area contributed by atoms with Gasteiger partial charge in [-0.05, 0) is 37.3 Å². The van der Waals surface area contributed by atoms with E-state index in [0.29, 0.717) is 12.1 Å². The van der Waals surface area contributed by atoms with E-state index in [2.05, 4.69) is 10.6 Å². The van der Waals surface area contributed by atoms with Gasteiger partial charge in [0.25, 0.3) is 11.8 Å². The van der Waals surface area contributed by atoms with Crippen molar-refractivity contribution in [1.29, 1.82) is 0 Å². The van der Waals surface area contributed by atoms with E-state index in [9.17, 15) is 22.8 Å². The van der Waals surface area contributed by atoms with Crippen molar-refractivity contribution in [3.63, 3.8) is 0 Å². The summed E-state index contributed by atoms with van der Waals surface area (Å²) in [4.78, 5) is 23.9.